The Bertz CT molecular complexity index is 402. The molecule has 0 saturated heterocycles. The molecule has 86 valence electrons. The van der Waals surface area contributed by atoms with Crippen molar-refractivity contribution in [2.24, 2.45) is 5.92 Å². The fraction of sp³-hybridized carbons (Fsp3) is 0.571. The van der Waals surface area contributed by atoms with Crippen molar-refractivity contribution in [3.8, 4) is 0 Å². The first kappa shape index (κ1) is 10.6. The quantitative estimate of drug-likeness (QED) is 0.751. The molecule has 2 atom stereocenters. The van der Waals surface area contributed by atoms with Crippen LogP contribution in [0.2, 0.25) is 0 Å². The van der Waals surface area contributed by atoms with E-state index in [4.69, 9.17) is 0 Å². The highest BCUT2D eigenvalue weighted by Crippen LogP contribution is 2.38. The van der Waals surface area contributed by atoms with Crippen LogP contribution in [0.5, 0.6) is 0 Å². The summed E-state index contributed by atoms with van der Waals surface area (Å²) in [6, 6.07) is 7.54. The molecule has 1 aromatic carbocycles. The monoisotopic (exact) mass is 279 g/mol. The molecule has 3 rings (SSSR count). The minimum atomic E-state index is 0.797. The van der Waals surface area contributed by atoms with Gasteiger partial charge in [0.2, 0.25) is 0 Å². The third-order valence-electron chi connectivity index (χ3n) is 4.09. The van der Waals surface area contributed by atoms with E-state index in [1.165, 1.54) is 48.0 Å². The van der Waals surface area contributed by atoms with Gasteiger partial charge in [0.1, 0.15) is 0 Å². The summed E-state index contributed by atoms with van der Waals surface area (Å²) in [5, 5.41) is 0. The first-order valence-corrected chi connectivity index (χ1v) is 7.08. The normalized spacial score (nSPS) is 28.5. The average Bonchev–Trinajstić information content (AvgIpc) is 2.83. The lowest BCUT2D eigenvalue weighted by Gasteiger charge is -2.27. The standard InChI is InChI=1S/C14H18BrN/c1-10-2-5-13(8-10)16-7-6-11-3-4-12(15)9-14(11)16/h3-4,9-10,13H,2,5-8H2,1H3. The Kier molecular flexibility index (Phi) is 2.70. The summed E-state index contributed by atoms with van der Waals surface area (Å²) in [5.41, 5.74) is 3.01. The molecule has 1 aliphatic heterocycles. The number of hydrogen-bond acceptors (Lipinski definition) is 1. The Morgan fingerprint density at radius 3 is 2.94 bits per heavy atom. The molecule has 1 heterocycles. The number of halogens is 1. The van der Waals surface area contributed by atoms with E-state index in [0.717, 1.165) is 12.0 Å². The van der Waals surface area contributed by atoms with E-state index in [1.807, 2.05) is 0 Å². The van der Waals surface area contributed by atoms with E-state index in [1.54, 1.807) is 0 Å². The molecule has 2 heteroatoms. The van der Waals surface area contributed by atoms with Crippen LogP contribution in [0.25, 0.3) is 0 Å². The van der Waals surface area contributed by atoms with Crippen molar-refractivity contribution in [3.63, 3.8) is 0 Å². The summed E-state index contributed by atoms with van der Waals surface area (Å²) in [6.45, 7) is 3.61. The molecule has 0 radical (unpaired) electrons. The van der Waals surface area contributed by atoms with Gasteiger partial charge in [0.05, 0.1) is 0 Å². The molecule has 2 aliphatic rings. The highest BCUT2D eigenvalue weighted by Gasteiger charge is 2.30. The van der Waals surface area contributed by atoms with Crippen LogP contribution in [0, 0.1) is 5.92 Å². The average molecular weight is 280 g/mol. The summed E-state index contributed by atoms with van der Waals surface area (Å²) in [4.78, 5) is 2.64. The minimum Gasteiger partial charge on any atom is -0.368 e. The summed E-state index contributed by atoms with van der Waals surface area (Å²) >= 11 is 3.59. The van der Waals surface area contributed by atoms with E-state index in [2.05, 4.69) is 46.0 Å². The molecule has 0 aromatic heterocycles. The van der Waals surface area contributed by atoms with Crippen molar-refractivity contribution in [1.82, 2.24) is 0 Å². The van der Waals surface area contributed by atoms with Gasteiger partial charge in [0.15, 0.2) is 0 Å². The van der Waals surface area contributed by atoms with E-state index in [-0.39, 0.29) is 0 Å². The Hall–Kier alpha value is -0.500. The molecule has 0 spiro atoms. The Balaban J connectivity index is 1.88. The molecular formula is C14H18BrN. The minimum absolute atomic E-state index is 0.797. The van der Waals surface area contributed by atoms with Gasteiger partial charge in [-0.2, -0.15) is 0 Å². The number of benzene rings is 1. The van der Waals surface area contributed by atoms with E-state index >= 15 is 0 Å². The topological polar surface area (TPSA) is 3.24 Å². The smallest absolute Gasteiger partial charge is 0.0413 e. The second-order valence-corrected chi connectivity index (χ2v) is 6.20. The molecule has 0 bridgehead atoms. The second kappa shape index (κ2) is 4.06. The molecule has 1 nitrogen and oxygen atoms in total. The molecule has 16 heavy (non-hydrogen) atoms. The lowest BCUT2D eigenvalue weighted by molar-refractivity contribution is 0.571. The number of nitrogens with zero attached hydrogens (tertiary/aromatic N) is 1. The van der Waals surface area contributed by atoms with Gasteiger partial charge in [-0.25, -0.2) is 0 Å². The SMILES string of the molecule is CC1CCC(N2CCc3ccc(Br)cc32)C1. The van der Waals surface area contributed by atoms with Crippen molar-refractivity contribution in [3.05, 3.63) is 28.2 Å². The molecule has 1 aliphatic carbocycles. The maximum atomic E-state index is 3.59. The van der Waals surface area contributed by atoms with E-state index < -0.39 is 0 Å². The van der Waals surface area contributed by atoms with Crippen LogP contribution in [0.3, 0.4) is 0 Å². The van der Waals surface area contributed by atoms with Gasteiger partial charge >= 0.3 is 0 Å². The molecule has 2 unspecified atom stereocenters. The van der Waals surface area contributed by atoms with Crippen LogP contribution in [0.4, 0.5) is 5.69 Å². The summed E-state index contributed by atoms with van der Waals surface area (Å²) in [5.74, 6) is 0.918. The molecule has 1 fully saturated rings. The van der Waals surface area contributed by atoms with Crippen LogP contribution in [0.15, 0.2) is 22.7 Å². The number of anilines is 1. The Labute approximate surface area is 106 Å². The fourth-order valence-electron chi connectivity index (χ4n) is 3.22. The van der Waals surface area contributed by atoms with Gasteiger partial charge in [-0.3, -0.25) is 0 Å². The first-order chi connectivity index (χ1) is 7.74. The maximum absolute atomic E-state index is 3.59. The van der Waals surface area contributed by atoms with Crippen molar-refractivity contribution < 1.29 is 0 Å². The molecule has 0 amide bonds. The van der Waals surface area contributed by atoms with Crippen molar-refractivity contribution in [2.75, 3.05) is 11.4 Å². The highest BCUT2D eigenvalue weighted by atomic mass is 79.9. The highest BCUT2D eigenvalue weighted by molar-refractivity contribution is 9.10. The summed E-state index contributed by atoms with van der Waals surface area (Å²) < 4.78 is 1.21. The van der Waals surface area contributed by atoms with Crippen LogP contribution in [-0.2, 0) is 6.42 Å². The van der Waals surface area contributed by atoms with Gasteiger partial charge < -0.3 is 4.90 Å². The predicted octanol–water partition coefficient (Wildman–Crippen LogP) is 4.00. The lowest BCUT2D eigenvalue weighted by Crippen LogP contribution is -2.31. The van der Waals surface area contributed by atoms with Crippen molar-refractivity contribution in [1.29, 1.82) is 0 Å². The van der Waals surface area contributed by atoms with Crippen LogP contribution >= 0.6 is 15.9 Å². The zero-order chi connectivity index (χ0) is 11.1. The lowest BCUT2D eigenvalue weighted by atomic mass is 10.1. The molecule has 1 saturated carbocycles. The van der Waals surface area contributed by atoms with Crippen LogP contribution in [0.1, 0.15) is 31.7 Å². The molecule has 1 aromatic rings. The van der Waals surface area contributed by atoms with Gasteiger partial charge in [0.25, 0.3) is 0 Å². The number of rotatable bonds is 1. The third kappa shape index (κ3) is 1.77. The van der Waals surface area contributed by atoms with Gasteiger partial charge in [0, 0.05) is 22.7 Å². The Morgan fingerprint density at radius 2 is 2.19 bits per heavy atom. The van der Waals surface area contributed by atoms with Crippen LogP contribution < -0.4 is 4.90 Å². The fourth-order valence-corrected chi connectivity index (χ4v) is 3.57. The van der Waals surface area contributed by atoms with Gasteiger partial charge in [-0.15, -0.1) is 0 Å². The van der Waals surface area contributed by atoms with Crippen LogP contribution in [-0.4, -0.2) is 12.6 Å². The third-order valence-corrected chi connectivity index (χ3v) is 4.58. The first-order valence-electron chi connectivity index (χ1n) is 6.29. The summed E-state index contributed by atoms with van der Waals surface area (Å²) in [6.07, 6.45) is 5.40. The largest absolute Gasteiger partial charge is 0.368 e. The predicted molar refractivity (Wildman–Crippen MR) is 72.0 cm³/mol. The molecular weight excluding hydrogens is 262 g/mol. The molecule has 0 N–H and O–H groups in total. The van der Waals surface area contributed by atoms with Gasteiger partial charge in [-0.05, 0) is 49.3 Å². The summed E-state index contributed by atoms with van der Waals surface area (Å²) in [7, 11) is 0. The zero-order valence-corrected chi connectivity index (χ0v) is 11.3. The zero-order valence-electron chi connectivity index (χ0n) is 9.75. The number of fused-ring (bicyclic) bond motifs is 1. The number of hydrogen-bond donors (Lipinski definition) is 0. The maximum Gasteiger partial charge on any atom is 0.0413 e. The van der Waals surface area contributed by atoms with E-state index in [9.17, 15) is 0 Å². The van der Waals surface area contributed by atoms with Crippen molar-refractivity contribution >= 4 is 21.6 Å². The van der Waals surface area contributed by atoms with E-state index in [0.29, 0.717) is 0 Å². The van der Waals surface area contributed by atoms with Gasteiger partial charge in [-0.1, -0.05) is 28.9 Å². The van der Waals surface area contributed by atoms with Crippen molar-refractivity contribution in [2.45, 2.75) is 38.6 Å². The second-order valence-electron chi connectivity index (χ2n) is 5.29. The Morgan fingerprint density at radius 1 is 1.31 bits per heavy atom.